The van der Waals surface area contributed by atoms with Crippen molar-refractivity contribution >= 4 is 33.1 Å². The normalized spacial score (nSPS) is 11.6. The zero-order valence-corrected chi connectivity index (χ0v) is 12.7. The molecule has 0 amide bonds. The standard InChI is InChI=1S/C12H14ClFN4O2S/c1-2-3-8-6-11(17-16-8)18-21(19,20)10-5-7(13)4-9(15)12(10)14/h4-6H,2-3,15H2,1H3,(H2,16,17,18). The van der Waals surface area contributed by atoms with E-state index < -0.39 is 20.7 Å². The van der Waals surface area contributed by atoms with Crippen molar-refractivity contribution in [3.8, 4) is 0 Å². The van der Waals surface area contributed by atoms with Crippen LogP contribution in [0.5, 0.6) is 0 Å². The van der Waals surface area contributed by atoms with Gasteiger partial charge >= 0.3 is 0 Å². The topological polar surface area (TPSA) is 101 Å². The molecule has 1 aromatic heterocycles. The fraction of sp³-hybridized carbons (Fsp3) is 0.250. The molecule has 0 saturated carbocycles. The van der Waals surface area contributed by atoms with Crippen LogP contribution >= 0.6 is 11.6 Å². The van der Waals surface area contributed by atoms with Gasteiger partial charge in [0.2, 0.25) is 0 Å². The van der Waals surface area contributed by atoms with E-state index in [-0.39, 0.29) is 16.5 Å². The molecule has 1 aromatic carbocycles. The van der Waals surface area contributed by atoms with Gasteiger partial charge in [-0.25, -0.2) is 12.8 Å². The fourth-order valence-electron chi connectivity index (χ4n) is 1.78. The van der Waals surface area contributed by atoms with Crippen LogP contribution in [0.1, 0.15) is 19.0 Å². The average molecular weight is 333 g/mol. The van der Waals surface area contributed by atoms with Crippen LogP contribution in [0.2, 0.25) is 5.02 Å². The van der Waals surface area contributed by atoms with E-state index in [0.717, 1.165) is 30.7 Å². The number of hydrogen-bond acceptors (Lipinski definition) is 4. The summed E-state index contributed by atoms with van der Waals surface area (Å²) in [4.78, 5) is -0.618. The molecule has 6 nitrogen and oxygen atoms in total. The van der Waals surface area contributed by atoms with Gasteiger partial charge in [-0.15, -0.1) is 0 Å². The molecule has 0 spiro atoms. The number of hydrogen-bond donors (Lipinski definition) is 3. The highest BCUT2D eigenvalue weighted by atomic mass is 35.5. The summed E-state index contributed by atoms with van der Waals surface area (Å²) in [5.41, 5.74) is 5.82. The molecular formula is C12H14ClFN4O2S. The molecule has 0 unspecified atom stereocenters. The van der Waals surface area contributed by atoms with E-state index in [1.54, 1.807) is 6.07 Å². The molecule has 0 bridgehead atoms. The van der Waals surface area contributed by atoms with Gasteiger partial charge in [0.1, 0.15) is 4.90 Å². The first-order valence-corrected chi connectivity index (χ1v) is 8.01. The predicted molar refractivity (Wildman–Crippen MR) is 79.2 cm³/mol. The molecule has 0 saturated heterocycles. The summed E-state index contributed by atoms with van der Waals surface area (Å²) in [5, 5.41) is 6.55. The minimum absolute atomic E-state index is 0.0305. The summed E-state index contributed by atoms with van der Waals surface area (Å²) in [6, 6.07) is 3.69. The van der Waals surface area contributed by atoms with Gasteiger partial charge in [-0.2, -0.15) is 5.10 Å². The predicted octanol–water partition coefficient (Wildman–Crippen LogP) is 2.54. The Bertz CT molecular complexity index is 761. The fourth-order valence-corrected chi connectivity index (χ4v) is 3.20. The number of sulfonamides is 1. The molecular weight excluding hydrogens is 319 g/mol. The van der Waals surface area contributed by atoms with E-state index in [4.69, 9.17) is 17.3 Å². The van der Waals surface area contributed by atoms with Gasteiger partial charge in [0.05, 0.1) is 5.69 Å². The van der Waals surface area contributed by atoms with E-state index in [0.29, 0.717) is 0 Å². The monoisotopic (exact) mass is 332 g/mol. The third-order valence-electron chi connectivity index (χ3n) is 2.71. The Morgan fingerprint density at radius 1 is 1.43 bits per heavy atom. The Balaban J connectivity index is 2.34. The highest BCUT2D eigenvalue weighted by Gasteiger charge is 2.23. The molecule has 114 valence electrons. The number of aromatic amines is 1. The molecule has 2 rings (SSSR count). The minimum Gasteiger partial charge on any atom is -0.396 e. The van der Waals surface area contributed by atoms with Gasteiger partial charge in [0.25, 0.3) is 10.0 Å². The largest absolute Gasteiger partial charge is 0.396 e. The van der Waals surface area contributed by atoms with E-state index >= 15 is 0 Å². The highest BCUT2D eigenvalue weighted by Crippen LogP contribution is 2.26. The van der Waals surface area contributed by atoms with Crippen molar-refractivity contribution in [3.63, 3.8) is 0 Å². The molecule has 21 heavy (non-hydrogen) atoms. The van der Waals surface area contributed by atoms with Crippen molar-refractivity contribution in [1.82, 2.24) is 10.2 Å². The maximum Gasteiger partial charge on any atom is 0.266 e. The van der Waals surface area contributed by atoms with Crippen molar-refractivity contribution in [3.05, 3.63) is 34.7 Å². The molecule has 0 aliphatic rings. The number of rotatable bonds is 5. The zero-order valence-electron chi connectivity index (χ0n) is 11.2. The minimum atomic E-state index is -4.16. The van der Waals surface area contributed by atoms with E-state index in [9.17, 15) is 12.8 Å². The molecule has 1 heterocycles. The second-order valence-corrected chi connectivity index (χ2v) is 6.53. The van der Waals surface area contributed by atoms with E-state index in [1.165, 1.54) is 0 Å². The van der Waals surface area contributed by atoms with Crippen LogP contribution in [0.15, 0.2) is 23.1 Å². The number of nitrogen functional groups attached to an aromatic ring is 1. The van der Waals surface area contributed by atoms with Gasteiger partial charge in [-0.1, -0.05) is 24.9 Å². The van der Waals surface area contributed by atoms with Gasteiger partial charge in [0, 0.05) is 16.8 Å². The lowest BCUT2D eigenvalue weighted by Crippen LogP contribution is -2.15. The lowest BCUT2D eigenvalue weighted by atomic mass is 10.2. The molecule has 4 N–H and O–H groups in total. The van der Waals surface area contributed by atoms with Gasteiger partial charge in [0.15, 0.2) is 11.6 Å². The van der Waals surface area contributed by atoms with Crippen molar-refractivity contribution < 1.29 is 12.8 Å². The summed E-state index contributed by atoms with van der Waals surface area (Å²) < 4.78 is 40.4. The second kappa shape index (κ2) is 5.90. The number of nitrogens with one attached hydrogen (secondary N) is 2. The average Bonchev–Trinajstić information content (AvgIpc) is 2.80. The Kier molecular flexibility index (Phi) is 4.38. The maximum atomic E-state index is 13.9. The number of H-pyrrole nitrogens is 1. The number of aryl methyl sites for hydroxylation is 1. The number of halogens is 2. The zero-order chi connectivity index (χ0) is 15.6. The van der Waals surface area contributed by atoms with Crippen LogP contribution in [0.4, 0.5) is 15.9 Å². The van der Waals surface area contributed by atoms with E-state index in [2.05, 4.69) is 14.9 Å². The van der Waals surface area contributed by atoms with Crippen LogP contribution in [0.25, 0.3) is 0 Å². The highest BCUT2D eigenvalue weighted by molar-refractivity contribution is 7.92. The maximum absolute atomic E-state index is 13.9. The van der Waals surface area contributed by atoms with Crippen LogP contribution < -0.4 is 10.5 Å². The van der Waals surface area contributed by atoms with E-state index in [1.807, 2.05) is 6.92 Å². The van der Waals surface area contributed by atoms with Crippen LogP contribution in [0.3, 0.4) is 0 Å². The quantitative estimate of drug-likeness (QED) is 0.732. The Morgan fingerprint density at radius 3 is 2.81 bits per heavy atom. The number of aromatic nitrogens is 2. The Hall–Kier alpha value is -1.80. The van der Waals surface area contributed by atoms with Crippen LogP contribution in [-0.2, 0) is 16.4 Å². The van der Waals surface area contributed by atoms with Crippen molar-refractivity contribution in [2.75, 3.05) is 10.5 Å². The van der Waals surface area contributed by atoms with Crippen molar-refractivity contribution in [1.29, 1.82) is 0 Å². The third-order valence-corrected chi connectivity index (χ3v) is 4.28. The van der Waals surface area contributed by atoms with Gasteiger partial charge in [-0.3, -0.25) is 9.82 Å². The summed E-state index contributed by atoms with van der Waals surface area (Å²) in [6.45, 7) is 1.98. The third kappa shape index (κ3) is 3.45. The number of nitrogens with two attached hydrogens (primary N) is 1. The van der Waals surface area contributed by atoms with Crippen molar-refractivity contribution in [2.24, 2.45) is 0 Å². The molecule has 0 aliphatic heterocycles. The SMILES string of the molecule is CCCc1cc(NS(=O)(=O)c2cc(Cl)cc(N)c2F)n[nH]1. The van der Waals surface area contributed by atoms with Gasteiger partial charge in [-0.05, 0) is 18.6 Å². The van der Waals surface area contributed by atoms with Crippen molar-refractivity contribution in [2.45, 2.75) is 24.7 Å². The Morgan fingerprint density at radius 2 is 2.14 bits per heavy atom. The summed E-state index contributed by atoms with van der Waals surface area (Å²) in [7, 11) is -4.16. The van der Waals surface area contributed by atoms with Gasteiger partial charge < -0.3 is 5.73 Å². The molecule has 0 radical (unpaired) electrons. The number of benzene rings is 1. The molecule has 0 aliphatic carbocycles. The molecule has 9 heteroatoms. The summed E-state index contributed by atoms with van der Waals surface area (Å²) in [5.74, 6) is -0.965. The molecule has 2 aromatic rings. The summed E-state index contributed by atoms with van der Waals surface area (Å²) >= 11 is 5.72. The first-order valence-electron chi connectivity index (χ1n) is 6.15. The lowest BCUT2D eigenvalue weighted by molar-refractivity contribution is 0.572. The Labute approximate surface area is 126 Å². The first kappa shape index (κ1) is 15.6. The molecule has 0 atom stereocenters. The smallest absolute Gasteiger partial charge is 0.266 e. The summed E-state index contributed by atoms with van der Waals surface area (Å²) in [6.07, 6.45) is 1.61. The second-order valence-electron chi connectivity index (χ2n) is 4.44. The molecule has 0 fully saturated rings. The van der Waals surface area contributed by atoms with Crippen LogP contribution in [0, 0.1) is 5.82 Å². The van der Waals surface area contributed by atoms with Crippen LogP contribution in [-0.4, -0.2) is 18.6 Å². The number of nitrogens with zero attached hydrogens (tertiary/aromatic N) is 1. The number of anilines is 2. The lowest BCUT2D eigenvalue weighted by Gasteiger charge is -2.08. The first-order chi connectivity index (χ1) is 9.83.